The highest BCUT2D eigenvalue weighted by atomic mass is 14.7. The zero-order valence-electron chi connectivity index (χ0n) is 14.4. The van der Waals surface area contributed by atoms with Crippen molar-refractivity contribution in [3.63, 3.8) is 0 Å². The van der Waals surface area contributed by atoms with E-state index in [1.807, 2.05) is 0 Å². The van der Waals surface area contributed by atoms with Crippen molar-refractivity contribution in [1.82, 2.24) is 4.98 Å². The van der Waals surface area contributed by atoms with Gasteiger partial charge in [0.1, 0.15) is 0 Å². The monoisotopic (exact) mass is 311 g/mol. The molecule has 0 saturated heterocycles. The lowest BCUT2D eigenvalue weighted by Gasteiger charge is -2.19. The van der Waals surface area contributed by atoms with Gasteiger partial charge in [-0.15, -0.1) is 0 Å². The highest BCUT2D eigenvalue weighted by Gasteiger charge is 2.17. The normalized spacial score (nSPS) is 12.6. The van der Waals surface area contributed by atoms with Gasteiger partial charge in [0.2, 0.25) is 0 Å². The summed E-state index contributed by atoms with van der Waals surface area (Å²) in [5, 5.41) is 2.52. The zero-order chi connectivity index (χ0) is 16.7. The van der Waals surface area contributed by atoms with Gasteiger partial charge < -0.3 is 0 Å². The summed E-state index contributed by atoms with van der Waals surface area (Å²) < 4.78 is 0. The fraction of sp³-hybridized carbons (Fsp3) is 0.174. The van der Waals surface area contributed by atoms with Crippen LogP contribution in [0.3, 0.4) is 0 Å². The summed E-state index contributed by atoms with van der Waals surface area (Å²) >= 11 is 0. The van der Waals surface area contributed by atoms with Crippen LogP contribution >= 0.6 is 0 Å². The first kappa shape index (κ1) is 14.9. The molecule has 0 radical (unpaired) electrons. The molecule has 1 aromatic heterocycles. The number of hydrogen-bond acceptors (Lipinski definition) is 1. The van der Waals surface area contributed by atoms with E-state index in [9.17, 15) is 0 Å². The van der Waals surface area contributed by atoms with Crippen molar-refractivity contribution in [1.29, 1.82) is 0 Å². The largest absolute Gasteiger partial charge is 0.247 e. The first-order valence-corrected chi connectivity index (χ1v) is 8.49. The second kappa shape index (κ2) is 5.76. The van der Waals surface area contributed by atoms with Gasteiger partial charge in [0.05, 0.1) is 11.0 Å². The van der Waals surface area contributed by atoms with Crippen LogP contribution in [0.15, 0.2) is 66.7 Å². The predicted molar refractivity (Wildman–Crippen MR) is 103 cm³/mol. The van der Waals surface area contributed by atoms with Crippen LogP contribution in [-0.4, -0.2) is 4.98 Å². The summed E-state index contributed by atoms with van der Waals surface area (Å²) in [6.07, 6.45) is 0. The zero-order valence-corrected chi connectivity index (χ0v) is 14.4. The van der Waals surface area contributed by atoms with Crippen LogP contribution in [0.2, 0.25) is 0 Å². The van der Waals surface area contributed by atoms with E-state index in [4.69, 9.17) is 4.98 Å². The van der Waals surface area contributed by atoms with Gasteiger partial charge in [-0.3, -0.25) is 0 Å². The third-order valence-corrected chi connectivity index (χ3v) is 4.96. The van der Waals surface area contributed by atoms with Gasteiger partial charge in [0.25, 0.3) is 0 Å². The number of nitrogens with zero attached hydrogens (tertiary/aromatic N) is 1. The molecule has 1 unspecified atom stereocenters. The Labute approximate surface area is 143 Å². The molecular weight excluding hydrogens is 290 g/mol. The van der Waals surface area contributed by atoms with Crippen molar-refractivity contribution < 1.29 is 0 Å². The van der Waals surface area contributed by atoms with Crippen molar-refractivity contribution in [2.75, 3.05) is 0 Å². The molecule has 0 aliphatic carbocycles. The van der Waals surface area contributed by atoms with Crippen molar-refractivity contribution >= 4 is 21.8 Å². The van der Waals surface area contributed by atoms with Crippen LogP contribution in [0.25, 0.3) is 21.8 Å². The van der Waals surface area contributed by atoms with Crippen LogP contribution in [0, 0.1) is 13.8 Å². The molecule has 0 bridgehead atoms. The Kier molecular flexibility index (Phi) is 3.57. The van der Waals surface area contributed by atoms with E-state index in [1.165, 1.54) is 33.0 Å². The first-order chi connectivity index (χ1) is 11.6. The molecule has 0 N–H and O–H groups in total. The smallest absolute Gasteiger partial charge is 0.0741 e. The van der Waals surface area contributed by atoms with E-state index in [0.717, 1.165) is 11.0 Å². The molecule has 3 aromatic carbocycles. The Morgan fingerprint density at radius 1 is 0.750 bits per heavy atom. The Bertz CT molecular complexity index is 1030. The van der Waals surface area contributed by atoms with E-state index in [0.29, 0.717) is 5.92 Å². The molecule has 0 amide bonds. The molecule has 4 aromatic rings. The van der Waals surface area contributed by atoms with E-state index < -0.39 is 0 Å². The molecule has 1 nitrogen and oxygen atoms in total. The highest BCUT2D eigenvalue weighted by molar-refractivity contribution is 5.99. The Balaban J connectivity index is 2.07. The number of rotatable bonds is 2. The van der Waals surface area contributed by atoms with Gasteiger partial charge in [-0.2, -0.15) is 0 Å². The van der Waals surface area contributed by atoms with E-state index >= 15 is 0 Å². The van der Waals surface area contributed by atoms with Crippen LogP contribution in [-0.2, 0) is 0 Å². The number of pyridine rings is 1. The molecule has 0 fully saturated rings. The Morgan fingerprint density at radius 2 is 1.46 bits per heavy atom. The Morgan fingerprint density at radius 3 is 2.25 bits per heavy atom. The van der Waals surface area contributed by atoms with Gasteiger partial charge in [0.15, 0.2) is 0 Å². The van der Waals surface area contributed by atoms with E-state index in [-0.39, 0.29) is 0 Å². The molecule has 1 heterocycles. The SMILES string of the molecule is Cc1ccc(C(C)c2c3ccccc3nc3c(C)cccc23)cc1. The van der Waals surface area contributed by atoms with Crippen molar-refractivity contribution in [2.45, 2.75) is 26.7 Å². The molecule has 0 aliphatic rings. The fourth-order valence-corrected chi connectivity index (χ4v) is 3.58. The second-order valence-electron chi connectivity index (χ2n) is 6.65. The highest BCUT2D eigenvalue weighted by Crippen LogP contribution is 2.36. The summed E-state index contributed by atoms with van der Waals surface area (Å²) in [6.45, 7) is 6.58. The second-order valence-corrected chi connectivity index (χ2v) is 6.65. The summed E-state index contributed by atoms with van der Waals surface area (Å²) in [5.74, 6) is 0.322. The maximum Gasteiger partial charge on any atom is 0.0741 e. The molecule has 118 valence electrons. The fourth-order valence-electron chi connectivity index (χ4n) is 3.58. The average Bonchev–Trinajstić information content (AvgIpc) is 2.60. The molecule has 1 atom stereocenters. The van der Waals surface area contributed by atoms with Crippen molar-refractivity contribution in [2.24, 2.45) is 0 Å². The lowest BCUT2D eigenvalue weighted by Crippen LogP contribution is -2.01. The molecule has 24 heavy (non-hydrogen) atoms. The number of hydrogen-bond donors (Lipinski definition) is 0. The van der Waals surface area contributed by atoms with Crippen LogP contribution in [0.1, 0.15) is 35.1 Å². The van der Waals surface area contributed by atoms with Gasteiger partial charge >= 0.3 is 0 Å². The number of aryl methyl sites for hydroxylation is 2. The average molecular weight is 311 g/mol. The Hall–Kier alpha value is -2.67. The molecule has 0 spiro atoms. The van der Waals surface area contributed by atoms with E-state index in [1.54, 1.807) is 0 Å². The summed E-state index contributed by atoms with van der Waals surface area (Å²) in [5.41, 5.74) is 7.45. The van der Waals surface area contributed by atoms with Gasteiger partial charge in [-0.05, 0) is 36.6 Å². The minimum Gasteiger partial charge on any atom is -0.247 e. The predicted octanol–water partition coefficient (Wildman–Crippen LogP) is 6.16. The van der Waals surface area contributed by atoms with E-state index in [2.05, 4.69) is 87.5 Å². The third kappa shape index (κ3) is 2.37. The topological polar surface area (TPSA) is 12.9 Å². The van der Waals surface area contributed by atoms with Gasteiger partial charge in [-0.25, -0.2) is 4.98 Å². The van der Waals surface area contributed by atoms with Crippen LogP contribution in [0.4, 0.5) is 0 Å². The number of fused-ring (bicyclic) bond motifs is 2. The molecule has 0 saturated carbocycles. The van der Waals surface area contributed by atoms with Gasteiger partial charge in [0, 0.05) is 16.7 Å². The molecule has 1 heteroatoms. The van der Waals surface area contributed by atoms with Crippen molar-refractivity contribution in [3.05, 3.63) is 89.0 Å². The first-order valence-electron chi connectivity index (χ1n) is 8.49. The summed E-state index contributed by atoms with van der Waals surface area (Å²) in [4.78, 5) is 4.93. The lowest BCUT2D eigenvalue weighted by molar-refractivity contribution is 0.940. The van der Waals surface area contributed by atoms with Crippen LogP contribution in [0.5, 0.6) is 0 Å². The standard InChI is InChI=1S/C23H21N/c1-15-11-13-18(14-12-15)17(3)22-19-8-4-5-10-21(19)24-23-16(2)7-6-9-20(22)23/h4-14,17H,1-3H3. The molecule has 4 rings (SSSR count). The van der Waals surface area contributed by atoms with Gasteiger partial charge in [-0.1, -0.05) is 73.2 Å². The minimum atomic E-state index is 0.322. The quantitative estimate of drug-likeness (QED) is 0.404. The number of benzene rings is 3. The van der Waals surface area contributed by atoms with Crippen molar-refractivity contribution in [3.8, 4) is 0 Å². The third-order valence-electron chi connectivity index (χ3n) is 4.96. The number of para-hydroxylation sites is 2. The molecule has 0 aliphatic heterocycles. The summed E-state index contributed by atoms with van der Waals surface area (Å²) in [7, 11) is 0. The number of aromatic nitrogens is 1. The summed E-state index contributed by atoms with van der Waals surface area (Å²) in [6, 6.07) is 23.9. The maximum atomic E-state index is 4.93. The van der Waals surface area contributed by atoms with Crippen LogP contribution < -0.4 is 0 Å². The molecular formula is C23H21N. The maximum absolute atomic E-state index is 4.93. The lowest BCUT2D eigenvalue weighted by atomic mass is 9.87. The minimum absolute atomic E-state index is 0.322.